The first kappa shape index (κ1) is 21.7. The molecule has 0 unspecified atom stereocenters. The first-order valence-electron chi connectivity index (χ1n) is 9.97. The third kappa shape index (κ3) is 5.33. The molecule has 6 heteroatoms. The third-order valence-electron chi connectivity index (χ3n) is 4.89. The van der Waals surface area contributed by atoms with E-state index in [1.807, 2.05) is 49.6 Å². The van der Waals surface area contributed by atoms with Gasteiger partial charge in [-0.15, -0.1) is 11.3 Å². The summed E-state index contributed by atoms with van der Waals surface area (Å²) in [5, 5.41) is 5.57. The van der Waals surface area contributed by atoms with Crippen LogP contribution in [0.25, 0.3) is 10.6 Å². The van der Waals surface area contributed by atoms with Crippen LogP contribution < -0.4 is 5.32 Å². The number of carbonyl (C=O) groups excluding carboxylic acids is 2. The number of hydrogen-bond acceptors (Lipinski definition) is 5. The number of hydrogen-bond donors (Lipinski definition) is 1. The average molecular weight is 423 g/mol. The molecule has 2 aromatic carbocycles. The molecule has 1 N–H and O–H groups in total. The average Bonchev–Trinajstić information content (AvgIpc) is 3.19. The Kier molecular flexibility index (Phi) is 7.00. The van der Waals surface area contributed by atoms with Gasteiger partial charge in [-0.1, -0.05) is 49.4 Å². The van der Waals surface area contributed by atoms with E-state index >= 15 is 0 Å². The molecule has 0 fully saturated rings. The number of benzene rings is 2. The number of nitrogens with zero attached hydrogens (tertiary/aromatic N) is 1. The summed E-state index contributed by atoms with van der Waals surface area (Å²) < 4.78 is 5.33. The molecular formula is C24H26N2O3S. The van der Waals surface area contributed by atoms with Gasteiger partial charge in [0.25, 0.3) is 5.91 Å². The zero-order valence-electron chi connectivity index (χ0n) is 17.7. The van der Waals surface area contributed by atoms with Gasteiger partial charge < -0.3 is 10.1 Å². The van der Waals surface area contributed by atoms with Crippen molar-refractivity contribution in [1.82, 2.24) is 4.98 Å². The SMILES string of the molecule is CCc1ccc(-c2nc(CC(=O)O[C@H](C)C(=O)Nc3c(C)cccc3C)cs2)cc1. The lowest BCUT2D eigenvalue weighted by Crippen LogP contribution is -2.31. The van der Waals surface area contributed by atoms with E-state index in [9.17, 15) is 9.59 Å². The molecule has 30 heavy (non-hydrogen) atoms. The Hall–Kier alpha value is -2.99. The van der Waals surface area contributed by atoms with Gasteiger partial charge in [0, 0.05) is 16.6 Å². The number of aromatic nitrogens is 1. The number of rotatable bonds is 7. The van der Waals surface area contributed by atoms with Crippen molar-refractivity contribution >= 4 is 28.9 Å². The lowest BCUT2D eigenvalue weighted by atomic mass is 10.1. The zero-order chi connectivity index (χ0) is 21.7. The summed E-state index contributed by atoms with van der Waals surface area (Å²) in [6.07, 6.45) is 0.130. The van der Waals surface area contributed by atoms with Crippen LogP contribution in [0.1, 0.15) is 36.2 Å². The summed E-state index contributed by atoms with van der Waals surface area (Å²) in [4.78, 5) is 29.3. The Morgan fingerprint density at radius 2 is 1.77 bits per heavy atom. The normalized spacial score (nSPS) is 11.7. The lowest BCUT2D eigenvalue weighted by molar-refractivity contribution is -0.152. The highest BCUT2D eigenvalue weighted by Crippen LogP contribution is 2.25. The van der Waals surface area contributed by atoms with Crippen LogP contribution in [0.2, 0.25) is 0 Å². The fourth-order valence-corrected chi connectivity index (χ4v) is 3.91. The molecule has 3 rings (SSSR count). The molecule has 0 spiro atoms. The second kappa shape index (κ2) is 9.67. The van der Waals surface area contributed by atoms with Crippen molar-refractivity contribution in [2.45, 2.75) is 46.6 Å². The van der Waals surface area contributed by atoms with Gasteiger partial charge in [-0.3, -0.25) is 9.59 Å². The number of ether oxygens (including phenoxy) is 1. The number of thiazole rings is 1. The molecule has 0 radical (unpaired) electrons. The first-order chi connectivity index (χ1) is 14.4. The Labute approximate surface area is 181 Å². The van der Waals surface area contributed by atoms with Crippen LogP contribution in [0.5, 0.6) is 0 Å². The highest BCUT2D eigenvalue weighted by molar-refractivity contribution is 7.13. The van der Waals surface area contributed by atoms with Gasteiger partial charge in [0.05, 0.1) is 12.1 Å². The van der Waals surface area contributed by atoms with Crippen molar-refractivity contribution in [3.05, 3.63) is 70.2 Å². The molecule has 1 amide bonds. The van der Waals surface area contributed by atoms with Gasteiger partial charge in [-0.05, 0) is 43.9 Å². The topological polar surface area (TPSA) is 68.3 Å². The fourth-order valence-electron chi connectivity index (χ4n) is 3.08. The van der Waals surface area contributed by atoms with Gasteiger partial charge in [0.2, 0.25) is 0 Å². The monoisotopic (exact) mass is 422 g/mol. The second-order valence-corrected chi connectivity index (χ2v) is 8.12. The van der Waals surface area contributed by atoms with Crippen molar-refractivity contribution in [3.8, 4) is 10.6 Å². The van der Waals surface area contributed by atoms with E-state index in [1.165, 1.54) is 16.9 Å². The quantitative estimate of drug-likeness (QED) is 0.538. The van der Waals surface area contributed by atoms with Gasteiger partial charge in [0.1, 0.15) is 5.01 Å². The Morgan fingerprint density at radius 3 is 2.40 bits per heavy atom. The molecule has 5 nitrogen and oxygen atoms in total. The molecule has 0 saturated carbocycles. The molecule has 0 aliphatic heterocycles. The molecular weight excluding hydrogens is 396 g/mol. The first-order valence-corrected chi connectivity index (χ1v) is 10.9. The van der Waals surface area contributed by atoms with Gasteiger partial charge in [-0.2, -0.15) is 0 Å². The number of nitrogens with one attached hydrogen (secondary N) is 1. The van der Waals surface area contributed by atoms with E-state index in [1.54, 1.807) is 6.92 Å². The van der Waals surface area contributed by atoms with E-state index in [-0.39, 0.29) is 12.3 Å². The van der Waals surface area contributed by atoms with Gasteiger partial charge in [0.15, 0.2) is 6.10 Å². The number of amides is 1. The van der Waals surface area contributed by atoms with Crippen LogP contribution in [0.15, 0.2) is 47.8 Å². The van der Waals surface area contributed by atoms with Crippen LogP contribution in [-0.2, 0) is 27.2 Å². The van der Waals surface area contributed by atoms with E-state index in [2.05, 4.69) is 29.4 Å². The maximum Gasteiger partial charge on any atom is 0.312 e. The largest absolute Gasteiger partial charge is 0.452 e. The number of aryl methyl sites for hydroxylation is 3. The predicted octanol–water partition coefficient (Wildman–Crippen LogP) is 5.10. The Bertz CT molecular complexity index is 1020. The minimum absolute atomic E-state index is 0.0323. The highest BCUT2D eigenvalue weighted by Gasteiger charge is 2.20. The summed E-state index contributed by atoms with van der Waals surface area (Å²) in [5.74, 6) is -0.826. The summed E-state index contributed by atoms with van der Waals surface area (Å²) in [6, 6.07) is 14.0. The molecule has 156 valence electrons. The molecule has 0 aliphatic rings. The summed E-state index contributed by atoms with van der Waals surface area (Å²) in [6.45, 7) is 7.54. The Balaban J connectivity index is 1.57. The van der Waals surface area contributed by atoms with Crippen molar-refractivity contribution < 1.29 is 14.3 Å². The molecule has 0 saturated heterocycles. The maximum absolute atomic E-state index is 12.4. The predicted molar refractivity (Wildman–Crippen MR) is 121 cm³/mol. The van der Waals surface area contributed by atoms with Crippen molar-refractivity contribution in [3.63, 3.8) is 0 Å². The molecule has 0 bridgehead atoms. The van der Waals surface area contributed by atoms with E-state index < -0.39 is 12.1 Å². The number of para-hydroxylation sites is 1. The number of carbonyl (C=O) groups is 2. The van der Waals surface area contributed by atoms with Gasteiger partial charge in [-0.25, -0.2) is 4.98 Å². The smallest absolute Gasteiger partial charge is 0.312 e. The molecule has 1 aromatic heterocycles. The number of esters is 1. The highest BCUT2D eigenvalue weighted by atomic mass is 32.1. The van der Waals surface area contributed by atoms with Crippen LogP contribution in [0.4, 0.5) is 5.69 Å². The molecule has 1 heterocycles. The zero-order valence-corrected chi connectivity index (χ0v) is 18.5. The van der Waals surface area contributed by atoms with E-state index in [0.717, 1.165) is 33.8 Å². The minimum atomic E-state index is -0.892. The lowest BCUT2D eigenvalue weighted by Gasteiger charge is -2.16. The van der Waals surface area contributed by atoms with Crippen molar-refractivity contribution in [2.75, 3.05) is 5.32 Å². The summed E-state index contributed by atoms with van der Waals surface area (Å²) in [7, 11) is 0. The minimum Gasteiger partial charge on any atom is -0.452 e. The standard InChI is InChI=1S/C24H26N2O3S/c1-5-18-9-11-19(12-10-18)24-25-20(14-30-24)13-21(27)29-17(4)23(28)26-22-15(2)7-6-8-16(22)3/h6-12,14,17H,5,13H2,1-4H3,(H,26,28)/t17-/m1/s1. The summed E-state index contributed by atoms with van der Waals surface area (Å²) in [5.41, 5.74) is 5.61. The van der Waals surface area contributed by atoms with Crippen LogP contribution >= 0.6 is 11.3 Å². The van der Waals surface area contributed by atoms with Crippen LogP contribution in [-0.4, -0.2) is 23.0 Å². The van der Waals surface area contributed by atoms with E-state index in [4.69, 9.17) is 4.74 Å². The van der Waals surface area contributed by atoms with Crippen LogP contribution in [0, 0.1) is 13.8 Å². The fraction of sp³-hybridized carbons (Fsp3) is 0.292. The molecule has 3 aromatic rings. The van der Waals surface area contributed by atoms with Crippen LogP contribution in [0.3, 0.4) is 0 Å². The maximum atomic E-state index is 12.4. The molecule has 0 aliphatic carbocycles. The third-order valence-corrected chi connectivity index (χ3v) is 5.83. The van der Waals surface area contributed by atoms with E-state index in [0.29, 0.717) is 5.69 Å². The number of anilines is 1. The summed E-state index contributed by atoms with van der Waals surface area (Å²) >= 11 is 1.49. The van der Waals surface area contributed by atoms with Crippen molar-refractivity contribution in [1.29, 1.82) is 0 Å². The Morgan fingerprint density at radius 1 is 1.10 bits per heavy atom. The second-order valence-electron chi connectivity index (χ2n) is 7.26. The van der Waals surface area contributed by atoms with Crippen molar-refractivity contribution in [2.24, 2.45) is 0 Å². The van der Waals surface area contributed by atoms with Gasteiger partial charge >= 0.3 is 5.97 Å². The molecule has 1 atom stereocenters.